The highest BCUT2D eigenvalue weighted by Gasteiger charge is 2.06. The normalized spacial score (nSPS) is 10.7. The minimum absolute atomic E-state index is 0.208. The molecule has 0 fully saturated rings. The third-order valence-electron chi connectivity index (χ3n) is 4.08. The second-order valence-electron chi connectivity index (χ2n) is 6.50. The fraction of sp³-hybridized carbons (Fsp3) is 0.273. The average Bonchev–Trinajstić information content (AvgIpc) is 2.74. The lowest BCUT2D eigenvalue weighted by Crippen LogP contribution is -2.43. The zero-order chi connectivity index (χ0) is 21.2. The number of hydrogen-bond acceptors (Lipinski definition) is 5. The van der Waals surface area contributed by atoms with Crippen LogP contribution < -0.4 is 25.1 Å². The number of methoxy groups -OCH3 is 2. The Morgan fingerprint density at radius 2 is 1.66 bits per heavy atom. The Labute approximate surface area is 170 Å². The molecular weight excluding hydrogens is 372 g/mol. The second kappa shape index (κ2) is 10.8. The van der Waals surface area contributed by atoms with Crippen LogP contribution in [-0.2, 0) is 9.59 Å². The fourth-order valence-corrected chi connectivity index (χ4v) is 2.44. The van der Waals surface area contributed by atoms with Gasteiger partial charge in [0.2, 0.25) is 0 Å². The largest absolute Gasteiger partial charge is 0.493 e. The highest BCUT2D eigenvalue weighted by atomic mass is 16.5. The van der Waals surface area contributed by atoms with Gasteiger partial charge in [0, 0.05) is 6.08 Å². The van der Waals surface area contributed by atoms with Gasteiger partial charge in [-0.25, -0.2) is 0 Å². The molecule has 0 aliphatic carbocycles. The van der Waals surface area contributed by atoms with Crippen LogP contribution in [0.1, 0.15) is 30.9 Å². The predicted molar refractivity (Wildman–Crippen MR) is 111 cm³/mol. The van der Waals surface area contributed by atoms with Crippen LogP contribution >= 0.6 is 0 Å². The van der Waals surface area contributed by atoms with E-state index in [-0.39, 0.29) is 6.61 Å². The van der Waals surface area contributed by atoms with Gasteiger partial charge in [0.25, 0.3) is 11.8 Å². The van der Waals surface area contributed by atoms with E-state index in [1.54, 1.807) is 31.4 Å². The Balaban J connectivity index is 1.78. The van der Waals surface area contributed by atoms with E-state index in [0.29, 0.717) is 23.2 Å². The first-order chi connectivity index (χ1) is 13.9. The number of rotatable bonds is 8. The molecule has 0 unspecified atom stereocenters. The Hall–Kier alpha value is -3.48. The molecule has 2 amide bonds. The number of ether oxygens (including phenoxy) is 3. The van der Waals surface area contributed by atoms with E-state index in [0.717, 1.165) is 5.56 Å². The summed E-state index contributed by atoms with van der Waals surface area (Å²) in [5.74, 6) is 1.22. The molecule has 0 radical (unpaired) electrons. The van der Waals surface area contributed by atoms with Crippen LogP contribution in [0.5, 0.6) is 17.2 Å². The van der Waals surface area contributed by atoms with Gasteiger partial charge in [-0.05, 0) is 47.4 Å². The first-order valence-electron chi connectivity index (χ1n) is 9.14. The van der Waals surface area contributed by atoms with Crippen molar-refractivity contribution < 1.29 is 23.8 Å². The van der Waals surface area contributed by atoms with Crippen LogP contribution in [0.25, 0.3) is 6.08 Å². The van der Waals surface area contributed by atoms with Crippen LogP contribution in [-0.4, -0.2) is 32.6 Å². The van der Waals surface area contributed by atoms with Crippen molar-refractivity contribution >= 4 is 17.9 Å². The zero-order valence-corrected chi connectivity index (χ0v) is 17.0. The predicted octanol–water partition coefficient (Wildman–Crippen LogP) is 3.07. The van der Waals surface area contributed by atoms with Crippen LogP contribution in [0.2, 0.25) is 0 Å². The lowest BCUT2D eigenvalue weighted by atomic mass is 10.0. The molecule has 2 aromatic carbocycles. The summed E-state index contributed by atoms with van der Waals surface area (Å²) in [6, 6.07) is 12.8. The highest BCUT2D eigenvalue weighted by molar-refractivity contribution is 5.93. The maximum Gasteiger partial charge on any atom is 0.276 e. The number of hydrogen-bond donors (Lipinski definition) is 2. The third kappa shape index (κ3) is 6.88. The molecule has 0 aromatic heterocycles. The van der Waals surface area contributed by atoms with Crippen molar-refractivity contribution in [1.29, 1.82) is 0 Å². The molecule has 7 heteroatoms. The van der Waals surface area contributed by atoms with Crippen LogP contribution in [0, 0.1) is 0 Å². The molecule has 2 aromatic rings. The van der Waals surface area contributed by atoms with Crippen LogP contribution in [0.15, 0.2) is 48.5 Å². The van der Waals surface area contributed by atoms with Crippen molar-refractivity contribution in [2.75, 3.05) is 20.8 Å². The Bertz CT molecular complexity index is 860. The second-order valence-corrected chi connectivity index (χ2v) is 6.50. The summed E-state index contributed by atoms with van der Waals surface area (Å²) in [4.78, 5) is 23.7. The molecule has 7 nitrogen and oxygen atoms in total. The summed E-state index contributed by atoms with van der Waals surface area (Å²) in [6.45, 7) is 4.00. The topological polar surface area (TPSA) is 85.9 Å². The number of nitrogens with one attached hydrogen (secondary N) is 2. The zero-order valence-electron chi connectivity index (χ0n) is 17.0. The number of hydrazine groups is 1. The quantitative estimate of drug-likeness (QED) is 0.527. The molecule has 0 saturated heterocycles. The smallest absolute Gasteiger partial charge is 0.276 e. The summed E-state index contributed by atoms with van der Waals surface area (Å²) in [6.07, 6.45) is 2.89. The van der Waals surface area contributed by atoms with Crippen molar-refractivity contribution in [3.63, 3.8) is 0 Å². The number of amides is 2. The van der Waals surface area contributed by atoms with Gasteiger partial charge in [-0.2, -0.15) is 0 Å². The minimum Gasteiger partial charge on any atom is -0.493 e. The molecule has 0 heterocycles. The van der Waals surface area contributed by atoms with E-state index in [9.17, 15) is 9.59 Å². The summed E-state index contributed by atoms with van der Waals surface area (Å²) < 4.78 is 15.8. The summed E-state index contributed by atoms with van der Waals surface area (Å²) in [5, 5.41) is 0. The molecule has 29 heavy (non-hydrogen) atoms. The fourth-order valence-electron chi connectivity index (χ4n) is 2.44. The first kappa shape index (κ1) is 21.8. The maximum atomic E-state index is 11.9. The van der Waals surface area contributed by atoms with Crippen molar-refractivity contribution in [3.05, 3.63) is 59.7 Å². The van der Waals surface area contributed by atoms with E-state index in [4.69, 9.17) is 14.2 Å². The minimum atomic E-state index is -0.477. The van der Waals surface area contributed by atoms with Crippen LogP contribution in [0.3, 0.4) is 0 Å². The van der Waals surface area contributed by atoms with Crippen molar-refractivity contribution in [2.45, 2.75) is 19.8 Å². The SMILES string of the molecule is COc1ccc(/C=C/C(=O)NNC(=O)COc2ccc(C(C)C)cc2)cc1OC. The number of carbonyl (C=O) groups excluding carboxylic acids is 2. The molecule has 154 valence electrons. The molecule has 0 bridgehead atoms. The average molecular weight is 398 g/mol. The molecule has 2 rings (SSSR count). The van der Waals surface area contributed by atoms with Gasteiger partial charge in [0.15, 0.2) is 18.1 Å². The van der Waals surface area contributed by atoms with Gasteiger partial charge < -0.3 is 14.2 Å². The molecule has 0 atom stereocenters. The van der Waals surface area contributed by atoms with E-state index in [2.05, 4.69) is 24.7 Å². The molecule has 0 saturated carbocycles. The lowest BCUT2D eigenvalue weighted by Gasteiger charge is -2.09. The van der Waals surface area contributed by atoms with Crippen molar-refractivity contribution in [3.8, 4) is 17.2 Å². The molecular formula is C22H26N2O5. The standard InChI is InChI=1S/C22H26N2O5/c1-15(2)17-7-9-18(10-8-17)29-14-22(26)24-23-21(25)12-6-16-5-11-19(27-3)20(13-16)28-4/h5-13,15H,14H2,1-4H3,(H,23,25)(H,24,26)/b12-6+. The highest BCUT2D eigenvalue weighted by Crippen LogP contribution is 2.27. The summed E-state index contributed by atoms with van der Waals surface area (Å²) in [5.41, 5.74) is 6.54. The summed E-state index contributed by atoms with van der Waals surface area (Å²) >= 11 is 0. The Morgan fingerprint density at radius 3 is 2.28 bits per heavy atom. The Morgan fingerprint density at radius 1 is 0.966 bits per heavy atom. The van der Waals surface area contributed by atoms with Gasteiger partial charge in [-0.15, -0.1) is 0 Å². The van der Waals surface area contributed by atoms with Gasteiger partial charge in [0.05, 0.1) is 14.2 Å². The van der Waals surface area contributed by atoms with E-state index >= 15 is 0 Å². The lowest BCUT2D eigenvalue weighted by molar-refractivity contribution is -0.128. The van der Waals surface area contributed by atoms with Crippen molar-refractivity contribution in [2.24, 2.45) is 0 Å². The number of benzene rings is 2. The van der Waals surface area contributed by atoms with E-state index in [1.807, 2.05) is 24.3 Å². The molecule has 0 aliphatic heterocycles. The van der Waals surface area contributed by atoms with Gasteiger partial charge in [-0.1, -0.05) is 32.0 Å². The first-order valence-corrected chi connectivity index (χ1v) is 9.14. The van der Waals surface area contributed by atoms with Crippen LogP contribution in [0.4, 0.5) is 0 Å². The maximum absolute atomic E-state index is 11.9. The van der Waals surface area contributed by atoms with E-state index < -0.39 is 11.8 Å². The van der Waals surface area contributed by atoms with Gasteiger partial charge in [-0.3, -0.25) is 20.4 Å². The summed E-state index contributed by atoms with van der Waals surface area (Å²) in [7, 11) is 3.09. The number of carbonyl (C=O) groups is 2. The Kier molecular flexibility index (Phi) is 8.09. The third-order valence-corrected chi connectivity index (χ3v) is 4.08. The monoisotopic (exact) mass is 398 g/mol. The van der Waals surface area contributed by atoms with Crippen molar-refractivity contribution in [1.82, 2.24) is 10.9 Å². The van der Waals surface area contributed by atoms with E-state index in [1.165, 1.54) is 18.7 Å². The molecule has 0 aliphatic rings. The van der Waals surface area contributed by atoms with Gasteiger partial charge in [0.1, 0.15) is 5.75 Å². The van der Waals surface area contributed by atoms with Gasteiger partial charge >= 0.3 is 0 Å². The molecule has 0 spiro atoms. The molecule has 2 N–H and O–H groups in total.